The number of carbonyl (C=O) groups is 2. The summed E-state index contributed by atoms with van der Waals surface area (Å²) in [5.41, 5.74) is 0.810. The van der Waals surface area contributed by atoms with Crippen molar-refractivity contribution in [1.82, 2.24) is 5.32 Å². The molecule has 2 aromatic rings. The van der Waals surface area contributed by atoms with Gasteiger partial charge in [0, 0.05) is 24.7 Å². The SMILES string of the molecule is CCCCCCOc1ccc(NC(=O)/C(=C/c2cccc([N+](=O)[O-])c2)NC(C)=O)cc1. The lowest BCUT2D eigenvalue weighted by atomic mass is 10.1. The van der Waals surface area contributed by atoms with Crippen LogP contribution in [0.3, 0.4) is 0 Å². The van der Waals surface area contributed by atoms with Crippen LogP contribution in [-0.2, 0) is 9.59 Å². The quantitative estimate of drug-likeness (QED) is 0.235. The predicted octanol–water partition coefficient (Wildman–Crippen LogP) is 4.67. The van der Waals surface area contributed by atoms with Crippen molar-refractivity contribution in [3.8, 4) is 5.75 Å². The Morgan fingerprint density at radius 1 is 1.10 bits per heavy atom. The van der Waals surface area contributed by atoms with Gasteiger partial charge in [-0.1, -0.05) is 38.3 Å². The third-order valence-corrected chi connectivity index (χ3v) is 4.33. The minimum atomic E-state index is -0.546. The number of unbranched alkanes of at least 4 members (excludes halogenated alkanes) is 3. The molecule has 31 heavy (non-hydrogen) atoms. The molecule has 2 rings (SSSR count). The number of nitrogens with one attached hydrogen (secondary N) is 2. The van der Waals surface area contributed by atoms with E-state index in [0.717, 1.165) is 12.8 Å². The number of anilines is 1. The number of hydrogen-bond donors (Lipinski definition) is 2. The van der Waals surface area contributed by atoms with Gasteiger partial charge in [0.2, 0.25) is 5.91 Å². The van der Waals surface area contributed by atoms with Crippen LogP contribution in [0.5, 0.6) is 5.75 Å². The molecule has 0 aliphatic heterocycles. The lowest BCUT2D eigenvalue weighted by Crippen LogP contribution is -2.28. The Hall–Kier alpha value is -3.68. The van der Waals surface area contributed by atoms with Crippen molar-refractivity contribution in [2.24, 2.45) is 0 Å². The second kappa shape index (κ2) is 12.1. The first-order chi connectivity index (χ1) is 14.9. The van der Waals surface area contributed by atoms with Gasteiger partial charge in [-0.2, -0.15) is 0 Å². The molecule has 8 heteroatoms. The molecule has 0 radical (unpaired) electrons. The van der Waals surface area contributed by atoms with Crippen molar-refractivity contribution in [2.75, 3.05) is 11.9 Å². The molecule has 0 unspecified atom stereocenters. The van der Waals surface area contributed by atoms with E-state index < -0.39 is 16.7 Å². The number of nitro groups is 1. The van der Waals surface area contributed by atoms with Gasteiger partial charge < -0.3 is 15.4 Å². The largest absolute Gasteiger partial charge is 0.494 e. The second-order valence-electron chi connectivity index (χ2n) is 6.98. The summed E-state index contributed by atoms with van der Waals surface area (Å²) in [6.45, 7) is 4.08. The maximum atomic E-state index is 12.7. The molecular formula is C23H27N3O5. The molecule has 0 fully saturated rings. The van der Waals surface area contributed by atoms with E-state index in [0.29, 0.717) is 23.6 Å². The van der Waals surface area contributed by atoms with Crippen molar-refractivity contribution in [2.45, 2.75) is 39.5 Å². The molecule has 0 heterocycles. The lowest BCUT2D eigenvalue weighted by Gasteiger charge is -2.11. The number of hydrogen-bond acceptors (Lipinski definition) is 5. The van der Waals surface area contributed by atoms with E-state index in [4.69, 9.17) is 4.74 Å². The Morgan fingerprint density at radius 2 is 1.84 bits per heavy atom. The van der Waals surface area contributed by atoms with E-state index in [2.05, 4.69) is 17.6 Å². The summed E-state index contributed by atoms with van der Waals surface area (Å²) in [4.78, 5) is 34.6. The zero-order valence-corrected chi connectivity index (χ0v) is 17.7. The number of ether oxygens (including phenoxy) is 1. The Kier molecular flexibility index (Phi) is 9.22. The summed E-state index contributed by atoms with van der Waals surface area (Å²) in [5.74, 6) is -0.266. The van der Waals surface area contributed by atoms with Crippen molar-refractivity contribution >= 4 is 29.3 Å². The molecule has 0 saturated carbocycles. The van der Waals surface area contributed by atoms with Gasteiger partial charge in [0.05, 0.1) is 11.5 Å². The monoisotopic (exact) mass is 425 g/mol. The summed E-state index contributed by atoms with van der Waals surface area (Å²) < 4.78 is 5.69. The summed E-state index contributed by atoms with van der Waals surface area (Å²) in [6.07, 6.45) is 5.87. The minimum Gasteiger partial charge on any atom is -0.494 e. The highest BCUT2D eigenvalue weighted by atomic mass is 16.6. The highest BCUT2D eigenvalue weighted by molar-refractivity contribution is 6.08. The van der Waals surface area contributed by atoms with Crippen molar-refractivity contribution in [3.05, 3.63) is 69.9 Å². The van der Waals surface area contributed by atoms with Gasteiger partial charge in [-0.05, 0) is 42.3 Å². The van der Waals surface area contributed by atoms with Gasteiger partial charge in [-0.15, -0.1) is 0 Å². The third kappa shape index (κ3) is 8.30. The third-order valence-electron chi connectivity index (χ3n) is 4.33. The number of carbonyl (C=O) groups excluding carboxylic acids is 2. The summed E-state index contributed by atoms with van der Waals surface area (Å²) in [5, 5.41) is 16.1. The maximum absolute atomic E-state index is 12.7. The average molecular weight is 425 g/mol. The van der Waals surface area contributed by atoms with Crippen molar-refractivity contribution < 1.29 is 19.2 Å². The van der Waals surface area contributed by atoms with Crippen LogP contribution in [0, 0.1) is 10.1 Å². The Labute approximate surface area is 181 Å². The molecule has 0 spiro atoms. The first-order valence-corrected chi connectivity index (χ1v) is 10.2. The average Bonchev–Trinajstić information content (AvgIpc) is 2.74. The first-order valence-electron chi connectivity index (χ1n) is 10.2. The molecule has 8 nitrogen and oxygen atoms in total. The van der Waals surface area contributed by atoms with Gasteiger partial charge in [-0.25, -0.2) is 0 Å². The van der Waals surface area contributed by atoms with Gasteiger partial charge in [-0.3, -0.25) is 19.7 Å². The van der Waals surface area contributed by atoms with E-state index >= 15 is 0 Å². The summed E-state index contributed by atoms with van der Waals surface area (Å²) in [6, 6.07) is 12.7. The zero-order chi connectivity index (χ0) is 22.6. The molecule has 0 aliphatic carbocycles. The Morgan fingerprint density at radius 3 is 2.48 bits per heavy atom. The van der Waals surface area contributed by atoms with E-state index in [1.54, 1.807) is 30.3 Å². The van der Waals surface area contributed by atoms with E-state index in [9.17, 15) is 19.7 Å². The molecule has 0 bridgehead atoms. The van der Waals surface area contributed by atoms with E-state index in [1.165, 1.54) is 44.0 Å². The molecule has 0 aliphatic rings. The topological polar surface area (TPSA) is 111 Å². The summed E-state index contributed by atoms with van der Waals surface area (Å²) in [7, 11) is 0. The van der Waals surface area contributed by atoms with Gasteiger partial charge in [0.15, 0.2) is 0 Å². The lowest BCUT2D eigenvalue weighted by molar-refractivity contribution is -0.384. The van der Waals surface area contributed by atoms with Crippen LogP contribution in [0.2, 0.25) is 0 Å². The molecule has 0 atom stereocenters. The second-order valence-corrected chi connectivity index (χ2v) is 6.98. The van der Waals surface area contributed by atoms with Crippen LogP contribution < -0.4 is 15.4 Å². The molecule has 2 N–H and O–H groups in total. The van der Waals surface area contributed by atoms with Crippen LogP contribution in [0.4, 0.5) is 11.4 Å². The number of rotatable bonds is 11. The van der Waals surface area contributed by atoms with E-state index in [-0.39, 0.29) is 11.4 Å². The normalized spacial score (nSPS) is 11.0. The van der Waals surface area contributed by atoms with Crippen LogP contribution in [0.1, 0.15) is 45.1 Å². The number of non-ortho nitro benzene ring substituents is 1. The number of nitro benzene ring substituents is 1. The van der Waals surface area contributed by atoms with Crippen LogP contribution >= 0.6 is 0 Å². The van der Waals surface area contributed by atoms with Crippen molar-refractivity contribution in [3.63, 3.8) is 0 Å². The standard InChI is InChI=1S/C23H27N3O5/c1-3-4-5-6-14-31-21-12-10-19(11-13-21)25-23(28)22(24-17(2)27)16-18-8-7-9-20(15-18)26(29)30/h7-13,15-16H,3-6,14H2,1-2H3,(H,24,27)(H,25,28)/b22-16-. The van der Waals surface area contributed by atoms with Crippen LogP contribution in [-0.4, -0.2) is 23.3 Å². The van der Waals surface area contributed by atoms with Crippen LogP contribution in [0.15, 0.2) is 54.2 Å². The fraction of sp³-hybridized carbons (Fsp3) is 0.304. The Bertz CT molecular complexity index is 938. The summed E-state index contributed by atoms with van der Waals surface area (Å²) >= 11 is 0. The number of benzene rings is 2. The fourth-order valence-corrected chi connectivity index (χ4v) is 2.79. The van der Waals surface area contributed by atoms with Crippen molar-refractivity contribution in [1.29, 1.82) is 0 Å². The van der Waals surface area contributed by atoms with Gasteiger partial charge in [0.1, 0.15) is 11.4 Å². The molecule has 164 valence electrons. The van der Waals surface area contributed by atoms with Gasteiger partial charge in [0.25, 0.3) is 11.6 Å². The fourth-order valence-electron chi connectivity index (χ4n) is 2.79. The van der Waals surface area contributed by atoms with E-state index in [1.807, 2.05) is 0 Å². The smallest absolute Gasteiger partial charge is 0.272 e. The zero-order valence-electron chi connectivity index (χ0n) is 17.7. The predicted molar refractivity (Wildman–Crippen MR) is 120 cm³/mol. The molecule has 2 aromatic carbocycles. The first kappa shape index (κ1) is 23.6. The molecule has 0 aromatic heterocycles. The van der Waals surface area contributed by atoms with Gasteiger partial charge >= 0.3 is 0 Å². The molecule has 2 amide bonds. The Balaban J connectivity index is 2.06. The van der Waals surface area contributed by atoms with Crippen LogP contribution in [0.25, 0.3) is 6.08 Å². The highest BCUT2D eigenvalue weighted by Gasteiger charge is 2.13. The number of nitrogens with zero attached hydrogens (tertiary/aromatic N) is 1. The maximum Gasteiger partial charge on any atom is 0.272 e. The minimum absolute atomic E-state index is 0.0238. The highest BCUT2D eigenvalue weighted by Crippen LogP contribution is 2.18. The molecular weight excluding hydrogens is 398 g/mol. The number of amides is 2. The molecule has 0 saturated heterocycles.